The lowest BCUT2D eigenvalue weighted by atomic mass is 9.95. The largest absolute Gasteiger partial charge is 0.389 e. The molecule has 9 heteroatoms. The zero-order chi connectivity index (χ0) is 17.9. The lowest BCUT2D eigenvalue weighted by Gasteiger charge is -2.31. The van der Waals surface area contributed by atoms with Crippen molar-refractivity contribution in [3.05, 3.63) is 11.6 Å². The van der Waals surface area contributed by atoms with Crippen molar-refractivity contribution in [3.8, 4) is 0 Å². The van der Waals surface area contributed by atoms with Gasteiger partial charge in [0.15, 0.2) is 0 Å². The maximum absolute atomic E-state index is 12.2. The van der Waals surface area contributed by atoms with E-state index >= 15 is 0 Å². The van der Waals surface area contributed by atoms with Crippen LogP contribution in [0.5, 0.6) is 0 Å². The average Bonchev–Trinajstić information content (AvgIpc) is 2.85. The molecule has 1 amide bonds. The minimum Gasteiger partial charge on any atom is -0.343 e. The van der Waals surface area contributed by atoms with Crippen molar-refractivity contribution in [2.24, 2.45) is 7.05 Å². The third-order valence-corrected chi connectivity index (χ3v) is 4.29. The third-order valence-electron chi connectivity index (χ3n) is 4.29. The van der Waals surface area contributed by atoms with Crippen LogP contribution in [0, 0.1) is 0 Å². The number of aromatic nitrogens is 3. The highest BCUT2D eigenvalue weighted by Gasteiger charge is 2.31. The summed E-state index contributed by atoms with van der Waals surface area (Å²) in [6.07, 6.45) is -4.40. The maximum atomic E-state index is 12.2. The van der Waals surface area contributed by atoms with Gasteiger partial charge in [0.25, 0.3) is 0 Å². The topological polar surface area (TPSA) is 54.3 Å². The molecule has 0 atom stereocenters. The molecule has 2 heterocycles. The van der Waals surface area contributed by atoms with Crippen molar-refractivity contribution in [1.29, 1.82) is 0 Å². The van der Waals surface area contributed by atoms with Crippen molar-refractivity contribution in [1.82, 2.24) is 24.6 Å². The first-order chi connectivity index (χ1) is 11.2. The number of halogens is 3. The minimum atomic E-state index is -4.28. The van der Waals surface area contributed by atoms with Gasteiger partial charge in [-0.2, -0.15) is 13.2 Å². The Hall–Kier alpha value is -1.64. The average molecular weight is 347 g/mol. The molecule has 1 aliphatic rings. The summed E-state index contributed by atoms with van der Waals surface area (Å²) in [5, 5.41) is 8.47. The van der Waals surface area contributed by atoms with Crippen LogP contribution >= 0.6 is 0 Å². The SMILES string of the molecule is CN(C)Cc1nnc(C2CCN(C(=O)CCC(F)(F)F)CC2)n1C. The van der Waals surface area contributed by atoms with Gasteiger partial charge in [-0.1, -0.05) is 0 Å². The summed E-state index contributed by atoms with van der Waals surface area (Å²) < 4.78 is 38.6. The van der Waals surface area contributed by atoms with Crippen LogP contribution in [0.3, 0.4) is 0 Å². The van der Waals surface area contributed by atoms with Crippen LogP contribution in [0.1, 0.15) is 43.3 Å². The van der Waals surface area contributed by atoms with Gasteiger partial charge >= 0.3 is 6.18 Å². The highest BCUT2D eigenvalue weighted by molar-refractivity contribution is 5.76. The Balaban J connectivity index is 1.89. The van der Waals surface area contributed by atoms with Crippen molar-refractivity contribution in [2.75, 3.05) is 27.2 Å². The van der Waals surface area contributed by atoms with E-state index in [0.29, 0.717) is 32.5 Å². The number of rotatable bonds is 5. The second-order valence-corrected chi connectivity index (χ2v) is 6.54. The molecule has 0 saturated carbocycles. The summed E-state index contributed by atoms with van der Waals surface area (Å²) in [6.45, 7) is 1.63. The van der Waals surface area contributed by atoms with Gasteiger partial charge in [-0.25, -0.2) is 0 Å². The van der Waals surface area contributed by atoms with Crippen molar-refractivity contribution < 1.29 is 18.0 Å². The molecule has 0 unspecified atom stereocenters. The lowest BCUT2D eigenvalue weighted by molar-refractivity contribution is -0.149. The van der Waals surface area contributed by atoms with Crippen molar-refractivity contribution in [3.63, 3.8) is 0 Å². The van der Waals surface area contributed by atoms with Gasteiger partial charge in [-0.15, -0.1) is 10.2 Å². The molecule has 24 heavy (non-hydrogen) atoms. The van der Waals surface area contributed by atoms with E-state index < -0.39 is 24.9 Å². The lowest BCUT2D eigenvalue weighted by Crippen LogP contribution is -2.38. The Labute approximate surface area is 139 Å². The molecule has 1 fully saturated rings. The Morgan fingerprint density at radius 2 is 1.88 bits per heavy atom. The first-order valence-electron chi connectivity index (χ1n) is 8.05. The van der Waals surface area contributed by atoms with Gasteiger partial charge in [-0.05, 0) is 26.9 Å². The number of nitrogens with zero attached hydrogens (tertiary/aromatic N) is 5. The van der Waals surface area contributed by atoms with Crippen LogP contribution in [0.2, 0.25) is 0 Å². The number of piperidine rings is 1. The molecule has 2 rings (SSSR count). The molecule has 1 saturated heterocycles. The Morgan fingerprint density at radius 3 is 2.42 bits per heavy atom. The maximum Gasteiger partial charge on any atom is 0.389 e. The first kappa shape index (κ1) is 18.7. The molecule has 0 bridgehead atoms. The van der Waals surface area contributed by atoms with E-state index in [9.17, 15) is 18.0 Å². The molecule has 1 aliphatic heterocycles. The smallest absolute Gasteiger partial charge is 0.343 e. The molecule has 0 aromatic carbocycles. The highest BCUT2D eigenvalue weighted by Crippen LogP contribution is 2.28. The number of hydrogen-bond donors (Lipinski definition) is 0. The van der Waals surface area contributed by atoms with Crippen molar-refractivity contribution >= 4 is 5.91 Å². The number of alkyl halides is 3. The monoisotopic (exact) mass is 347 g/mol. The quantitative estimate of drug-likeness (QED) is 0.817. The number of amides is 1. The van der Waals surface area contributed by atoms with Crippen LogP contribution < -0.4 is 0 Å². The standard InChI is InChI=1S/C15H24F3N5O/c1-21(2)10-12-19-20-14(22(12)3)11-5-8-23(9-6-11)13(24)4-7-15(16,17)18/h11H,4-10H2,1-3H3. The predicted molar refractivity (Wildman–Crippen MR) is 82.2 cm³/mol. The van der Waals surface area contributed by atoms with Crippen LogP contribution in [-0.4, -0.2) is 63.8 Å². The fourth-order valence-electron chi connectivity index (χ4n) is 2.95. The third kappa shape index (κ3) is 4.93. The van der Waals surface area contributed by atoms with Gasteiger partial charge in [0.2, 0.25) is 5.91 Å². The van der Waals surface area contributed by atoms with Gasteiger partial charge in [0, 0.05) is 32.5 Å². The van der Waals surface area contributed by atoms with E-state index in [1.165, 1.54) is 4.90 Å². The Morgan fingerprint density at radius 1 is 1.25 bits per heavy atom. The van der Waals surface area contributed by atoms with E-state index in [-0.39, 0.29) is 5.92 Å². The summed E-state index contributed by atoms with van der Waals surface area (Å²) in [4.78, 5) is 15.4. The predicted octanol–water partition coefficient (Wildman–Crippen LogP) is 1.93. The number of likely N-dealkylation sites (tertiary alicyclic amines) is 1. The molecule has 0 aliphatic carbocycles. The molecule has 1 aromatic heterocycles. The second kappa shape index (κ2) is 7.50. The molecule has 0 radical (unpaired) electrons. The molecule has 1 aromatic rings. The molecule has 0 spiro atoms. The van der Waals surface area contributed by atoms with E-state index in [1.54, 1.807) is 0 Å². The van der Waals surface area contributed by atoms with Gasteiger partial charge in [0.1, 0.15) is 11.6 Å². The van der Waals surface area contributed by atoms with Crippen molar-refractivity contribution in [2.45, 2.75) is 44.3 Å². The van der Waals surface area contributed by atoms with E-state index in [0.717, 1.165) is 11.6 Å². The van der Waals surface area contributed by atoms with E-state index in [1.807, 2.05) is 30.6 Å². The van der Waals surface area contributed by atoms with Gasteiger partial charge in [0.05, 0.1) is 13.0 Å². The fourth-order valence-corrected chi connectivity index (χ4v) is 2.95. The first-order valence-corrected chi connectivity index (χ1v) is 8.05. The Bertz CT molecular complexity index is 562. The number of carbonyl (C=O) groups excluding carboxylic acids is 1. The summed E-state index contributed by atoms with van der Waals surface area (Å²) in [7, 11) is 5.84. The van der Waals surface area contributed by atoms with Crippen LogP contribution in [0.25, 0.3) is 0 Å². The summed E-state index contributed by atoms with van der Waals surface area (Å²) in [5.41, 5.74) is 0. The Kier molecular flexibility index (Phi) is 5.84. The molecule has 0 N–H and O–H groups in total. The van der Waals surface area contributed by atoms with Gasteiger partial charge in [-0.3, -0.25) is 4.79 Å². The molecule has 6 nitrogen and oxygen atoms in total. The number of carbonyl (C=O) groups is 1. The van der Waals surface area contributed by atoms with E-state index in [2.05, 4.69) is 10.2 Å². The summed E-state index contributed by atoms with van der Waals surface area (Å²) in [6, 6.07) is 0. The summed E-state index contributed by atoms with van der Waals surface area (Å²) in [5.74, 6) is 1.52. The highest BCUT2D eigenvalue weighted by atomic mass is 19.4. The molecular weight excluding hydrogens is 323 g/mol. The van der Waals surface area contributed by atoms with Gasteiger partial charge < -0.3 is 14.4 Å². The van der Waals surface area contributed by atoms with Crippen LogP contribution in [-0.2, 0) is 18.4 Å². The van der Waals surface area contributed by atoms with Crippen LogP contribution in [0.4, 0.5) is 13.2 Å². The number of hydrogen-bond acceptors (Lipinski definition) is 4. The zero-order valence-corrected chi connectivity index (χ0v) is 14.3. The van der Waals surface area contributed by atoms with Crippen LogP contribution in [0.15, 0.2) is 0 Å². The van der Waals surface area contributed by atoms with E-state index in [4.69, 9.17) is 0 Å². The zero-order valence-electron chi connectivity index (χ0n) is 14.3. The fraction of sp³-hybridized carbons (Fsp3) is 0.800. The summed E-state index contributed by atoms with van der Waals surface area (Å²) >= 11 is 0. The molecule has 136 valence electrons. The normalized spacial score (nSPS) is 16.9. The molecular formula is C15H24F3N5O. The second-order valence-electron chi connectivity index (χ2n) is 6.54. The minimum absolute atomic E-state index is 0.185.